The van der Waals surface area contributed by atoms with Gasteiger partial charge in [-0.2, -0.15) is 5.10 Å². The highest BCUT2D eigenvalue weighted by molar-refractivity contribution is 6.31. The number of halogens is 2. The van der Waals surface area contributed by atoms with Gasteiger partial charge in [0.25, 0.3) is 0 Å². The van der Waals surface area contributed by atoms with E-state index in [-0.39, 0.29) is 30.8 Å². The molecule has 0 spiro atoms. The highest BCUT2D eigenvalue weighted by atomic mass is 35.5. The summed E-state index contributed by atoms with van der Waals surface area (Å²) >= 11 is 12.2. The van der Waals surface area contributed by atoms with Crippen molar-refractivity contribution in [2.45, 2.75) is 44.8 Å². The molecule has 4 rings (SSSR count). The van der Waals surface area contributed by atoms with Crippen molar-refractivity contribution in [3.8, 4) is 5.88 Å². The molecule has 152 valence electrons. The van der Waals surface area contributed by atoms with E-state index in [2.05, 4.69) is 15.1 Å². The summed E-state index contributed by atoms with van der Waals surface area (Å²) in [6, 6.07) is 3.39. The van der Waals surface area contributed by atoms with E-state index in [1.54, 1.807) is 29.0 Å². The van der Waals surface area contributed by atoms with Gasteiger partial charge in [-0.3, -0.25) is 4.79 Å². The fourth-order valence-corrected chi connectivity index (χ4v) is 4.10. The molecule has 29 heavy (non-hydrogen) atoms. The summed E-state index contributed by atoms with van der Waals surface area (Å²) in [5.74, 6) is 0.350. The minimum atomic E-state index is -0.147. The predicted molar refractivity (Wildman–Crippen MR) is 109 cm³/mol. The van der Waals surface area contributed by atoms with Gasteiger partial charge in [-0.1, -0.05) is 23.2 Å². The number of ketones is 1. The first-order chi connectivity index (χ1) is 13.9. The van der Waals surface area contributed by atoms with E-state index < -0.39 is 0 Å². The van der Waals surface area contributed by atoms with Gasteiger partial charge in [0, 0.05) is 36.9 Å². The van der Waals surface area contributed by atoms with Crippen LogP contribution in [0.4, 0.5) is 0 Å². The number of fused-ring (bicyclic) bond motifs is 1. The van der Waals surface area contributed by atoms with Crippen LogP contribution in [0.1, 0.15) is 42.7 Å². The number of rotatable bonds is 6. The summed E-state index contributed by atoms with van der Waals surface area (Å²) in [6.45, 7) is 2.04. The van der Waals surface area contributed by atoms with Crippen LogP contribution in [-0.4, -0.2) is 38.6 Å². The van der Waals surface area contributed by atoms with Gasteiger partial charge < -0.3 is 9.47 Å². The average Bonchev–Trinajstić information content (AvgIpc) is 3.26. The van der Waals surface area contributed by atoms with Gasteiger partial charge in [0.05, 0.1) is 18.9 Å². The lowest BCUT2D eigenvalue weighted by Gasteiger charge is -2.17. The standard InChI is InChI=1S/C20H20Cl2N4O3/c1-11-3-4-16(29-11)19-13(10-23-18-8-17(22)25-26(18)19)7-14(27)5-12-6-15(21)20(28-2)24-9-12/h6,8-11,16H,3-5,7H2,1-2H3. The lowest BCUT2D eigenvalue weighted by Crippen LogP contribution is -2.15. The van der Waals surface area contributed by atoms with Crippen molar-refractivity contribution < 1.29 is 14.3 Å². The molecule has 9 heteroatoms. The average molecular weight is 435 g/mol. The van der Waals surface area contributed by atoms with Crippen LogP contribution in [0.5, 0.6) is 5.88 Å². The molecule has 1 fully saturated rings. The van der Waals surface area contributed by atoms with Crippen LogP contribution in [0, 0.1) is 0 Å². The molecule has 1 aliphatic rings. The van der Waals surface area contributed by atoms with Gasteiger partial charge in [-0.15, -0.1) is 0 Å². The molecule has 0 saturated carbocycles. The van der Waals surface area contributed by atoms with Gasteiger partial charge in [0.2, 0.25) is 5.88 Å². The molecular formula is C20H20Cl2N4O3. The topological polar surface area (TPSA) is 78.6 Å². The highest BCUT2D eigenvalue weighted by Crippen LogP contribution is 2.35. The Bertz CT molecular complexity index is 1070. The zero-order valence-corrected chi connectivity index (χ0v) is 17.6. The molecule has 3 aromatic rings. The Labute approximate surface area is 178 Å². The molecule has 3 aromatic heterocycles. The number of methoxy groups -OCH3 is 1. The predicted octanol–water partition coefficient (Wildman–Crippen LogP) is 4.03. The number of Topliss-reactive ketones (excluding diaryl/α,β-unsaturated/α-hetero) is 1. The van der Waals surface area contributed by atoms with Crippen molar-refractivity contribution >= 4 is 34.6 Å². The Hall–Kier alpha value is -2.22. The maximum Gasteiger partial charge on any atom is 0.232 e. The van der Waals surface area contributed by atoms with E-state index in [0.717, 1.165) is 29.7 Å². The van der Waals surface area contributed by atoms with E-state index in [4.69, 9.17) is 32.7 Å². The molecule has 0 amide bonds. The summed E-state index contributed by atoms with van der Waals surface area (Å²) in [4.78, 5) is 21.3. The Morgan fingerprint density at radius 1 is 1.24 bits per heavy atom. The number of aromatic nitrogens is 4. The zero-order chi connectivity index (χ0) is 20.5. The SMILES string of the molecule is COc1ncc(CC(=O)Cc2cnc3cc(Cl)nn3c2C2CCC(C)O2)cc1Cl. The van der Waals surface area contributed by atoms with Crippen LogP contribution in [0.2, 0.25) is 10.2 Å². The third kappa shape index (κ3) is 4.22. The van der Waals surface area contributed by atoms with Crippen molar-refractivity contribution in [1.82, 2.24) is 19.6 Å². The summed E-state index contributed by atoms with van der Waals surface area (Å²) < 4.78 is 12.8. The van der Waals surface area contributed by atoms with Crippen molar-refractivity contribution in [3.63, 3.8) is 0 Å². The Balaban J connectivity index is 1.61. The summed E-state index contributed by atoms with van der Waals surface area (Å²) in [5, 5.41) is 5.08. The molecule has 1 saturated heterocycles. The largest absolute Gasteiger partial charge is 0.480 e. The van der Waals surface area contributed by atoms with E-state index in [9.17, 15) is 4.79 Å². The molecule has 1 aliphatic heterocycles. The molecule has 0 aromatic carbocycles. The normalized spacial score (nSPS) is 19.0. The fraction of sp³-hybridized carbons (Fsp3) is 0.400. The summed E-state index contributed by atoms with van der Waals surface area (Å²) in [7, 11) is 1.50. The smallest absolute Gasteiger partial charge is 0.232 e. The van der Waals surface area contributed by atoms with Crippen LogP contribution in [0.3, 0.4) is 0 Å². The van der Waals surface area contributed by atoms with Gasteiger partial charge >= 0.3 is 0 Å². The second-order valence-corrected chi connectivity index (χ2v) is 7.94. The number of nitrogens with zero attached hydrogens (tertiary/aromatic N) is 4. The molecule has 0 bridgehead atoms. The van der Waals surface area contributed by atoms with Gasteiger partial charge in [0.1, 0.15) is 16.9 Å². The minimum Gasteiger partial charge on any atom is -0.480 e. The zero-order valence-electron chi connectivity index (χ0n) is 16.1. The van der Waals surface area contributed by atoms with Crippen molar-refractivity contribution in [3.05, 3.63) is 51.5 Å². The Morgan fingerprint density at radius 2 is 2.07 bits per heavy atom. The second-order valence-electron chi connectivity index (χ2n) is 7.15. The van der Waals surface area contributed by atoms with Crippen LogP contribution >= 0.6 is 23.2 Å². The number of hydrogen-bond donors (Lipinski definition) is 0. The fourth-order valence-electron chi connectivity index (χ4n) is 3.66. The molecule has 2 unspecified atom stereocenters. The quantitative estimate of drug-likeness (QED) is 0.582. The van der Waals surface area contributed by atoms with Crippen LogP contribution in [0.25, 0.3) is 5.65 Å². The molecule has 4 heterocycles. The monoisotopic (exact) mass is 434 g/mol. The lowest BCUT2D eigenvalue weighted by atomic mass is 10.0. The molecule has 7 nitrogen and oxygen atoms in total. The third-order valence-corrected chi connectivity index (χ3v) is 5.41. The number of carbonyl (C=O) groups is 1. The third-order valence-electron chi connectivity index (χ3n) is 4.95. The van der Waals surface area contributed by atoms with Gasteiger partial charge in [-0.05, 0) is 31.4 Å². The molecule has 0 radical (unpaired) electrons. The van der Waals surface area contributed by atoms with E-state index in [0.29, 0.717) is 21.7 Å². The van der Waals surface area contributed by atoms with Gasteiger partial charge in [0.15, 0.2) is 10.8 Å². The van der Waals surface area contributed by atoms with Crippen molar-refractivity contribution in [1.29, 1.82) is 0 Å². The van der Waals surface area contributed by atoms with Crippen LogP contribution in [-0.2, 0) is 22.4 Å². The summed E-state index contributed by atoms with van der Waals surface area (Å²) in [6.07, 6.45) is 5.54. The number of pyridine rings is 1. The maximum atomic E-state index is 12.8. The van der Waals surface area contributed by atoms with Crippen molar-refractivity contribution in [2.75, 3.05) is 7.11 Å². The molecule has 2 atom stereocenters. The van der Waals surface area contributed by atoms with E-state index in [1.807, 2.05) is 6.92 Å². The minimum absolute atomic E-state index is 0.0136. The first kappa shape index (κ1) is 20.1. The second kappa shape index (κ2) is 8.26. The van der Waals surface area contributed by atoms with Crippen molar-refractivity contribution in [2.24, 2.45) is 0 Å². The molecular weight excluding hydrogens is 415 g/mol. The summed E-state index contributed by atoms with van der Waals surface area (Å²) in [5.41, 5.74) is 2.99. The number of hydrogen-bond acceptors (Lipinski definition) is 6. The van der Waals surface area contributed by atoms with E-state index in [1.165, 1.54) is 7.11 Å². The Kier molecular flexibility index (Phi) is 5.72. The first-order valence-corrected chi connectivity index (χ1v) is 10.1. The van der Waals surface area contributed by atoms with Crippen LogP contribution in [0.15, 0.2) is 24.5 Å². The first-order valence-electron chi connectivity index (χ1n) is 9.33. The highest BCUT2D eigenvalue weighted by Gasteiger charge is 2.29. The lowest BCUT2D eigenvalue weighted by molar-refractivity contribution is -0.117. The van der Waals surface area contributed by atoms with Gasteiger partial charge in [-0.25, -0.2) is 14.5 Å². The van der Waals surface area contributed by atoms with E-state index >= 15 is 0 Å². The number of ether oxygens (including phenoxy) is 2. The molecule has 0 N–H and O–H groups in total. The maximum absolute atomic E-state index is 12.8. The Morgan fingerprint density at radius 3 is 2.76 bits per heavy atom. The molecule has 0 aliphatic carbocycles. The number of carbonyl (C=O) groups excluding carboxylic acids is 1. The van der Waals surface area contributed by atoms with Crippen LogP contribution < -0.4 is 4.74 Å².